The van der Waals surface area contributed by atoms with Crippen molar-refractivity contribution in [2.24, 2.45) is 11.5 Å². The molecule has 12 nitrogen and oxygen atoms in total. The van der Waals surface area contributed by atoms with Crippen molar-refractivity contribution in [3.63, 3.8) is 0 Å². The quantitative estimate of drug-likeness (QED) is 0.192. The molecule has 0 rings (SSSR count). The van der Waals surface area contributed by atoms with Crippen molar-refractivity contribution < 1.29 is 28.8 Å². The van der Waals surface area contributed by atoms with Gasteiger partial charge in [-0.2, -0.15) is 0 Å². The lowest BCUT2D eigenvalue weighted by atomic mass is 10.1. The minimum Gasteiger partial charge on any atom is -0.370 e. The van der Waals surface area contributed by atoms with Gasteiger partial charge >= 0.3 is 0 Å². The van der Waals surface area contributed by atoms with Crippen LogP contribution in [0.25, 0.3) is 0 Å². The number of aldehydes is 1. The monoisotopic (exact) mass is 400 g/mol. The Bertz CT molecular complexity index is 623. The van der Waals surface area contributed by atoms with Crippen LogP contribution in [0.4, 0.5) is 0 Å². The molecule has 0 aliphatic heterocycles. The van der Waals surface area contributed by atoms with Crippen LogP contribution in [0, 0.1) is 0 Å². The first kappa shape index (κ1) is 25.0. The maximum Gasteiger partial charge on any atom is 0.243 e. The van der Waals surface area contributed by atoms with Crippen molar-refractivity contribution in [3.8, 4) is 0 Å². The van der Waals surface area contributed by atoms with Gasteiger partial charge in [-0.05, 0) is 27.7 Å². The van der Waals surface area contributed by atoms with Gasteiger partial charge < -0.3 is 37.5 Å². The first-order valence-corrected chi connectivity index (χ1v) is 8.59. The molecule has 5 amide bonds. The van der Waals surface area contributed by atoms with Crippen molar-refractivity contribution in [2.45, 2.75) is 64.3 Å². The summed E-state index contributed by atoms with van der Waals surface area (Å²) >= 11 is 0. The lowest BCUT2D eigenvalue weighted by Gasteiger charge is -2.23. The Hall–Kier alpha value is -3.02. The molecule has 28 heavy (non-hydrogen) atoms. The Morgan fingerprint density at radius 3 is 1.68 bits per heavy atom. The molecule has 0 bridgehead atoms. The van der Waals surface area contributed by atoms with E-state index in [4.69, 9.17) is 11.5 Å². The van der Waals surface area contributed by atoms with E-state index >= 15 is 0 Å². The molecule has 0 aliphatic rings. The van der Waals surface area contributed by atoms with Crippen LogP contribution in [0.1, 0.15) is 34.1 Å². The predicted octanol–water partition coefficient (Wildman–Crippen LogP) is -3.59. The van der Waals surface area contributed by atoms with Gasteiger partial charge in [0, 0.05) is 0 Å². The molecule has 0 aromatic carbocycles. The highest BCUT2D eigenvalue weighted by Crippen LogP contribution is 1.97. The summed E-state index contributed by atoms with van der Waals surface area (Å²) in [6, 6.07) is -5.03. The molecule has 0 unspecified atom stereocenters. The molecule has 0 radical (unpaired) electrons. The lowest BCUT2D eigenvalue weighted by molar-refractivity contribution is -0.134. The largest absolute Gasteiger partial charge is 0.370 e. The van der Waals surface area contributed by atoms with Gasteiger partial charge in [0.15, 0.2) is 0 Å². The average molecular weight is 400 g/mol. The van der Waals surface area contributed by atoms with Gasteiger partial charge in [0.2, 0.25) is 29.5 Å². The normalized spacial score (nSPS) is 15.8. The van der Waals surface area contributed by atoms with Gasteiger partial charge in [0.25, 0.3) is 0 Å². The molecule has 12 heteroatoms. The summed E-state index contributed by atoms with van der Waals surface area (Å²) in [6.07, 6.45) is -0.00888. The molecular weight excluding hydrogens is 372 g/mol. The fraction of sp³-hybridized carbons (Fsp3) is 0.625. The lowest BCUT2D eigenvalue weighted by Crippen LogP contribution is -2.57. The van der Waals surface area contributed by atoms with Crippen LogP contribution in [0.3, 0.4) is 0 Å². The topological polar surface area (TPSA) is 203 Å². The molecule has 0 spiro atoms. The smallest absolute Gasteiger partial charge is 0.243 e. The highest BCUT2D eigenvalue weighted by atomic mass is 16.2. The summed E-state index contributed by atoms with van der Waals surface area (Å²) in [5, 5.41) is 9.30. The number of primary amides is 1. The van der Waals surface area contributed by atoms with E-state index in [2.05, 4.69) is 21.3 Å². The Kier molecular flexibility index (Phi) is 10.4. The molecule has 0 aromatic rings. The number of nitrogens with one attached hydrogen (secondary N) is 4. The predicted molar refractivity (Wildman–Crippen MR) is 98.3 cm³/mol. The van der Waals surface area contributed by atoms with Gasteiger partial charge in [-0.15, -0.1) is 0 Å². The first-order chi connectivity index (χ1) is 12.9. The number of hydrogen-bond donors (Lipinski definition) is 6. The van der Waals surface area contributed by atoms with Crippen molar-refractivity contribution in [3.05, 3.63) is 0 Å². The zero-order chi connectivity index (χ0) is 22.0. The second-order valence-corrected chi connectivity index (χ2v) is 6.41. The molecule has 0 saturated heterocycles. The van der Waals surface area contributed by atoms with Crippen molar-refractivity contribution in [1.29, 1.82) is 0 Å². The van der Waals surface area contributed by atoms with E-state index in [9.17, 15) is 28.8 Å². The van der Waals surface area contributed by atoms with Crippen molar-refractivity contribution in [2.75, 3.05) is 0 Å². The van der Waals surface area contributed by atoms with Crippen LogP contribution < -0.4 is 32.7 Å². The maximum absolute atomic E-state index is 12.3. The van der Waals surface area contributed by atoms with Crippen LogP contribution in [-0.2, 0) is 28.8 Å². The minimum absolute atomic E-state index is 0.514. The number of nitrogens with two attached hydrogens (primary N) is 2. The van der Waals surface area contributed by atoms with E-state index in [1.54, 1.807) is 0 Å². The molecule has 0 fully saturated rings. The van der Waals surface area contributed by atoms with Gasteiger partial charge in [-0.1, -0.05) is 0 Å². The number of hydrogen-bond acceptors (Lipinski definition) is 7. The first-order valence-electron chi connectivity index (χ1n) is 8.59. The highest BCUT2D eigenvalue weighted by molar-refractivity contribution is 5.96. The number of rotatable bonds is 11. The summed E-state index contributed by atoms with van der Waals surface area (Å²) in [5.74, 6) is -3.65. The third-order valence-corrected chi connectivity index (χ3v) is 3.53. The summed E-state index contributed by atoms with van der Waals surface area (Å²) in [5.41, 5.74) is 10.5. The van der Waals surface area contributed by atoms with Crippen molar-refractivity contribution >= 4 is 35.8 Å². The molecule has 158 valence electrons. The van der Waals surface area contributed by atoms with Crippen molar-refractivity contribution in [1.82, 2.24) is 21.3 Å². The third kappa shape index (κ3) is 9.07. The van der Waals surface area contributed by atoms with Gasteiger partial charge in [-0.25, -0.2) is 0 Å². The Morgan fingerprint density at radius 2 is 1.25 bits per heavy atom. The summed E-state index contributed by atoms with van der Waals surface area (Å²) < 4.78 is 0. The van der Waals surface area contributed by atoms with E-state index in [0.29, 0.717) is 6.29 Å². The molecule has 5 atom stereocenters. The van der Waals surface area contributed by atoms with E-state index in [-0.39, 0.29) is 0 Å². The Labute approximate surface area is 162 Å². The SMILES string of the molecule is C[C@H](N)C(=O)N[C@@H](C)C(=O)N[C@@H](CC(N)=O)C(=O)N[C@@H](C)C(=O)N[C@@H](C)C=O. The van der Waals surface area contributed by atoms with Crippen LogP contribution in [-0.4, -0.2) is 66.0 Å². The maximum atomic E-state index is 12.3. The average Bonchev–Trinajstić information content (AvgIpc) is 2.59. The van der Waals surface area contributed by atoms with Crippen LogP contribution in [0.15, 0.2) is 0 Å². The van der Waals surface area contributed by atoms with Crippen LogP contribution >= 0.6 is 0 Å². The Balaban J connectivity index is 5.00. The zero-order valence-corrected chi connectivity index (χ0v) is 16.3. The summed E-state index contributed by atoms with van der Waals surface area (Å²) in [4.78, 5) is 69.8. The standard InChI is InChI=1S/C16H28N6O6/c1-7(6-23)19-14(26)9(3)21-16(28)11(5-12(18)24)22-15(27)10(4)20-13(25)8(2)17/h6-11H,5,17H2,1-4H3,(H2,18,24)(H,19,26)(H,20,25)(H,21,28)(H,22,27)/t7-,8-,9-,10-,11-/m0/s1. The molecule has 0 aliphatic carbocycles. The number of carbonyl (C=O) groups excluding carboxylic acids is 6. The van der Waals surface area contributed by atoms with E-state index in [1.165, 1.54) is 27.7 Å². The third-order valence-electron chi connectivity index (χ3n) is 3.53. The number of carbonyl (C=O) groups is 6. The zero-order valence-electron chi connectivity index (χ0n) is 16.3. The summed E-state index contributed by atoms with van der Waals surface area (Å²) in [6.45, 7) is 5.61. The van der Waals surface area contributed by atoms with Gasteiger partial charge in [-0.3, -0.25) is 24.0 Å². The summed E-state index contributed by atoms with van der Waals surface area (Å²) in [7, 11) is 0. The molecule has 0 aromatic heterocycles. The van der Waals surface area contributed by atoms with Crippen LogP contribution in [0.2, 0.25) is 0 Å². The fourth-order valence-corrected chi connectivity index (χ4v) is 1.88. The minimum atomic E-state index is -1.36. The Morgan fingerprint density at radius 1 is 0.786 bits per heavy atom. The molecule has 0 saturated carbocycles. The van der Waals surface area contributed by atoms with E-state index in [0.717, 1.165) is 0 Å². The highest BCUT2D eigenvalue weighted by Gasteiger charge is 2.28. The van der Waals surface area contributed by atoms with Gasteiger partial charge in [0.1, 0.15) is 24.4 Å². The number of amides is 5. The second kappa shape index (κ2) is 11.6. The fourth-order valence-electron chi connectivity index (χ4n) is 1.88. The van der Waals surface area contributed by atoms with E-state index < -0.39 is 66.2 Å². The van der Waals surface area contributed by atoms with Crippen LogP contribution in [0.5, 0.6) is 0 Å². The molecular formula is C16H28N6O6. The van der Waals surface area contributed by atoms with E-state index in [1.807, 2.05) is 0 Å². The second-order valence-electron chi connectivity index (χ2n) is 6.41. The van der Waals surface area contributed by atoms with Gasteiger partial charge in [0.05, 0.1) is 18.5 Å². The molecule has 0 heterocycles. The molecule has 8 N–H and O–H groups in total.